The Bertz CT molecular complexity index is 606. The zero-order valence-corrected chi connectivity index (χ0v) is 13.8. The molecular weight excluding hydrogens is 302 g/mol. The second-order valence-electron chi connectivity index (χ2n) is 4.62. The van der Waals surface area contributed by atoms with Crippen LogP contribution < -0.4 is 10.6 Å². The fourth-order valence-corrected chi connectivity index (χ4v) is 3.57. The number of fused-ring (bicyclic) bond motifs is 1. The van der Waals surface area contributed by atoms with Gasteiger partial charge < -0.3 is 10.6 Å². The van der Waals surface area contributed by atoms with E-state index in [0.717, 1.165) is 21.8 Å². The maximum atomic E-state index is 11.9. The summed E-state index contributed by atoms with van der Waals surface area (Å²) in [4.78, 5) is 17.3. The standard InChI is InChI=1S/C15H19N3OS2/c1-3-16-13(19)9-10(14(20)17-4-2)15-18-11-7-5-6-8-12(11)21-15/h5-8,10H,3-4,9H2,1-2H3,(H,16,19)(H,17,20). The van der Waals surface area contributed by atoms with E-state index in [1.165, 1.54) is 0 Å². The smallest absolute Gasteiger partial charge is 0.221 e. The van der Waals surface area contributed by atoms with Crippen LogP contribution in [-0.4, -0.2) is 29.0 Å². The van der Waals surface area contributed by atoms with Crippen molar-refractivity contribution >= 4 is 44.7 Å². The normalized spacial score (nSPS) is 12.1. The Balaban J connectivity index is 2.28. The summed E-state index contributed by atoms with van der Waals surface area (Å²) in [6, 6.07) is 7.98. The monoisotopic (exact) mass is 321 g/mol. The number of hydrogen-bond donors (Lipinski definition) is 2. The number of thiocarbonyl (C=S) groups is 1. The molecule has 0 saturated carbocycles. The van der Waals surface area contributed by atoms with Gasteiger partial charge >= 0.3 is 0 Å². The molecule has 0 aliphatic rings. The minimum Gasteiger partial charge on any atom is -0.379 e. The third-order valence-electron chi connectivity index (χ3n) is 3.04. The van der Waals surface area contributed by atoms with E-state index in [1.807, 2.05) is 38.1 Å². The summed E-state index contributed by atoms with van der Waals surface area (Å²) in [5, 5.41) is 6.88. The fourth-order valence-electron chi connectivity index (χ4n) is 2.08. The average molecular weight is 321 g/mol. The molecule has 0 radical (unpaired) electrons. The number of thiazole rings is 1. The van der Waals surface area contributed by atoms with Crippen LogP contribution in [0.25, 0.3) is 10.2 Å². The van der Waals surface area contributed by atoms with E-state index in [9.17, 15) is 4.79 Å². The summed E-state index contributed by atoms with van der Waals surface area (Å²) in [7, 11) is 0. The van der Waals surface area contributed by atoms with Crippen molar-refractivity contribution in [3.63, 3.8) is 0 Å². The highest BCUT2D eigenvalue weighted by Crippen LogP contribution is 2.30. The van der Waals surface area contributed by atoms with Gasteiger partial charge in [0.05, 0.1) is 21.1 Å². The molecule has 0 spiro atoms. The molecule has 112 valence electrons. The first-order valence-electron chi connectivity index (χ1n) is 7.05. The topological polar surface area (TPSA) is 54.0 Å². The van der Waals surface area contributed by atoms with Gasteiger partial charge in [-0.15, -0.1) is 11.3 Å². The van der Waals surface area contributed by atoms with Crippen molar-refractivity contribution in [1.82, 2.24) is 15.6 Å². The van der Waals surface area contributed by atoms with Gasteiger partial charge in [-0.05, 0) is 26.0 Å². The molecule has 1 heterocycles. The van der Waals surface area contributed by atoms with Crippen LogP contribution in [0.5, 0.6) is 0 Å². The highest BCUT2D eigenvalue weighted by atomic mass is 32.1. The van der Waals surface area contributed by atoms with Gasteiger partial charge in [0.15, 0.2) is 0 Å². The zero-order chi connectivity index (χ0) is 15.2. The molecule has 1 unspecified atom stereocenters. The Hall–Kier alpha value is -1.53. The number of likely N-dealkylation sites (N-methyl/N-ethyl adjacent to an activating group) is 1. The Morgan fingerprint density at radius 1 is 1.29 bits per heavy atom. The van der Waals surface area contributed by atoms with E-state index in [1.54, 1.807) is 11.3 Å². The van der Waals surface area contributed by atoms with Gasteiger partial charge in [-0.3, -0.25) is 4.79 Å². The maximum absolute atomic E-state index is 11.9. The minimum absolute atomic E-state index is 0.00186. The molecule has 2 aromatic rings. The second-order valence-corrected chi connectivity index (χ2v) is 6.13. The van der Waals surface area contributed by atoms with Crippen molar-refractivity contribution in [2.45, 2.75) is 26.2 Å². The lowest BCUT2D eigenvalue weighted by molar-refractivity contribution is -0.121. The zero-order valence-electron chi connectivity index (χ0n) is 12.2. The molecule has 21 heavy (non-hydrogen) atoms. The lowest BCUT2D eigenvalue weighted by atomic mass is 10.1. The molecule has 1 amide bonds. The molecule has 4 nitrogen and oxygen atoms in total. The van der Waals surface area contributed by atoms with E-state index in [-0.39, 0.29) is 11.8 Å². The minimum atomic E-state index is -0.163. The van der Waals surface area contributed by atoms with E-state index < -0.39 is 0 Å². The van der Waals surface area contributed by atoms with Crippen molar-refractivity contribution < 1.29 is 4.79 Å². The summed E-state index contributed by atoms with van der Waals surface area (Å²) < 4.78 is 1.12. The van der Waals surface area contributed by atoms with Gasteiger partial charge in [-0.2, -0.15) is 0 Å². The van der Waals surface area contributed by atoms with Crippen molar-refractivity contribution in [1.29, 1.82) is 0 Å². The summed E-state index contributed by atoms with van der Waals surface area (Å²) in [6.45, 7) is 5.27. The molecule has 0 fully saturated rings. The van der Waals surface area contributed by atoms with Crippen molar-refractivity contribution in [3.05, 3.63) is 29.3 Å². The molecule has 6 heteroatoms. The Morgan fingerprint density at radius 2 is 2.00 bits per heavy atom. The molecule has 0 aliphatic heterocycles. The third kappa shape index (κ3) is 3.98. The molecule has 1 aromatic heterocycles. The molecular formula is C15H19N3OS2. The molecule has 2 N–H and O–H groups in total. The fraction of sp³-hybridized carbons (Fsp3) is 0.400. The number of nitrogens with one attached hydrogen (secondary N) is 2. The summed E-state index contributed by atoms with van der Waals surface area (Å²) in [5.41, 5.74) is 0.956. The van der Waals surface area contributed by atoms with Crippen LogP contribution in [0.4, 0.5) is 0 Å². The Labute approximate surface area is 134 Å². The van der Waals surface area contributed by atoms with Crippen LogP contribution in [0.1, 0.15) is 31.2 Å². The van der Waals surface area contributed by atoms with Crippen molar-refractivity contribution in [2.75, 3.05) is 13.1 Å². The van der Waals surface area contributed by atoms with Gasteiger partial charge in [-0.1, -0.05) is 24.4 Å². The number of aromatic nitrogens is 1. The van der Waals surface area contributed by atoms with Crippen molar-refractivity contribution in [3.8, 4) is 0 Å². The van der Waals surface area contributed by atoms with Crippen LogP contribution in [-0.2, 0) is 4.79 Å². The SMILES string of the molecule is CCNC(=O)CC(C(=S)NCC)c1nc2ccccc2s1. The highest BCUT2D eigenvalue weighted by molar-refractivity contribution is 7.80. The van der Waals surface area contributed by atoms with Gasteiger partial charge in [-0.25, -0.2) is 4.98 Å². The second kappa shape index (κ2) is 7.47. The lowest BCUT2D eigenvalue weighted by Crippen LogP contribution is -2.32. The first-order chi connectivity index (χ1) is 10.2. The van der Waals surface area contributed by atoms with Crippen LogP contribution >= 0.6 is 23.6 Å². The molecule has 0 saturated heterocycles. The van der Waals surface area contributed by atoms with Crippen LogP contribution in [0, 0.1) is 0 Å². The number of benzene rings is 1. The first-order valence-corrected chi connectivity index (χ1v) is 8.28. The number of hydrogen-bond acceptors (Lipinski definition) is 4. The quantitative estimate of drug-likeness (QED) is 0.803. The summed E-state index contributed by atoms with van der Waals surface area (Å²) in [6.07, 6.45) is 0.333. The third-order valence-corrected chi connectivity index (χ3v) is 4.62. The number of para-hydroxylation sites is 1. The van der Waals surface area contributed by atoms with Crippen LogP contribution in [0.2, 0.25) is 0 Å². The average Bonchev–Trinajstić information content (AvgIpc) is 2.88. The van der Waals surface area contributed by atoms with Gasteiger partial charge in [0.1, 0.15) is 5.01 Å². The predicted molar refractivity (Wildman–Crippen MR) is 91.9 cm³/mol. The number of rotatable bonds is 6. The van der Waals surface area contributed by atoms with Crippen LogP contribution in [0.15, 0.2) is 24.3 Å². The largest absolute Gasteiger partial charge is 0.379 e. The van der Waals surface area contributed by atoms with E-state index in [0.29, 0.717) is 18.0 Å². The van der Waals surface area contributed by atoms with E-state index in [4.69, 9.17) is 12.2 Å². The van der Waals surface area contributed by atoms with Crippen molar-refractivity contribution in [2.24, 2.45) is 0 Å². The van der Waals surface area contributed by atoms with E-state index in [2.05, 4.69) is 15.6 Å². The number of amides is 1. The molecule has 1 atom stereocenters. The molecule has 0 aliphatic carbocycles. The molecule has 0 bridgehead atoms. The van der Waals surface area contributed by atoms with Gasteiger partial charge in [0.25, 0.3) is 0 Å². The Morgan fingerprint density at radius 3 is 2.67 bits per heavy atom. The van der Waals surface area contributed by atoms with Gasteiger partial charge in [0.2, 0.25) is 5.91 Å². The maximum Gasteiger partial charge on any atom is 0.221 e. The predicted octanol–water partition coefficient (Wildman–Crippen LogP) is 2.84. The Kier molecular flexibility index (Phi) is 5.64. The first kappa shape index (κ1) is 15.9. The molecule has 2 rings (SSSR count). The van der Waals surface area contributed by atoms with E-state index >= 15 is 0 Å². The van der Waals surface area contributed by atoms with Gasteiger partial charge in [0, 0.05) is 19.5 Å². The lowest BCUT2D eigenvalue weighted by Gasteiger charge is -2.16. The number of nitrogens with zero attached hydrogens (tertiary/aromatic N) is 1. The summed E-state index contributed by atoms with van der Waals surface area (Å²) >= 11 is 7.04. The molecule has 1 aromatic carbocycles. The number of carbonyl (C=O) groups is 1. The van der Waals surface area contributed by atoms with Crippen LogP contribution in [0.3, 0.4) is 0 Å². The summed E-state index contributed by atoms with van der Waals surface area (Å²) in [5.74, 6) is -0.161. The number of carbonyl (C=O) groups excluding carboxylic acids is 1. The highest BCUT2D eigenvalue weighted by Gasteiger charge is 2.23.